The van der Waals surface area contributed by atoms with Crippen molar-refractivity contribution in [3.8, 4) is 5.75 Å². The molecular formula is C24H28N2O3. The van der Waals surface area contributed by atoms with Crippen molar-refractivity contribution in [2.75, 3.05) is 19.6 Å². The van der Waals surface area contributed by atoms with Gasteiger partial charge in [-0.05, 0) is 80.9 Å². The molecule has 2 aromatic carbocycles. The second-order valence-corrected chi connectivity index (χ2v) is 7.87. The second-order valence-electron chi connectivity index (χ2n) is 7.87. The number of nitrogens with one attached hydrogen (secondary N) is 1. The Labute approximate surface area is 171 Å². The first-order valence-corrected chi connectivity index (χ1v) is 10.5. The SMILES string of the molecule is O=C(O)Oc1ccc2c(CCCCN3CCC(c4ccccc4)CC3)c[nH]c2c1. The van der Waals surface area contributed by atoms with Crippen molar-refractivity contribution in [1.82, 2.24) is 9.88 Å². The fraction of sp³-hybridized carbons (Fsp3) is 0.375. The number of piperidine rings is 1. The molecular weight excluding hydrogens is 364 g/mol. The summed E-state index contributed by atoms with van der Waals surface area (Å²) >= 11 is 0. The molecule has 0 atom stereocenters. The van der Waals surface area contributed by atoms with Crippen LogP contribution >= 0.6 is 0 Å². The van der Waals surface area contributed by atoms with E-state index in [0.29, 0.717) is 11.7 Å². The molecule has 152 valence electrons. The van der Waals surface area contributed by atoms with Crippen LogP contribution in [0.15, 0.2) is 54.7 Å². The van der Waals surface area contributed by atoms with Crippen molar-refractivity contribution in [3.63, 3.8) is 0 Å². The van der Waals surface area contributed by atoms with E-state index in [4.69, 9.17) is 9.84 Å². The lowest BCUT2D eigenvalue weighted by Crippen LogP contribution is -2.33. The van der Waals surface area contributed by atoms with Crippen LogP contribution in [0.3, 0.4) is 0 Å². The summed E-state index contributed by atoms with van der Waals surface area (Å²) < 4.78 is 4.72. The third-order valence-electron chi connectivity index (χ3n) is 5.97. The number of hydrogen-bond donors (Lipinski definition) is 2. The minimum Gasteiger partial charge on any atom is -0.449 e. The Morgan fingerprint density at radius 1 is 1.10 bits per heavy atom. The fourth-order valence-electron chi connectivity index (χ4n) is 4.40. The van der Waals surface area contributed by atoms with Crippen molar-refractivity contribution < 1.29 is 14.6 Å². The van der Waals surface area contributed by atoms with Gasteiger partial charge in [-0.2, -0.15) is 0 Å². The van der Waals surface area contributed by atoms with Gasteiger partial charge in [-0.15, -0.1) is 0 Å². The van der Waals surface area contributed by atoms with Crippen molar-refractivity contribution in [2.24, 2.45) is 0 Å². The summed E-state index contributed by atoms with van der Waals surface area (Å²) in [6, 6.07) is 16.3. The summed E-state index contributed by atoms with van der Waals surface area (Å²) in [4.78, 5) is 16.5. The highest BCUT2D eigenvalue weighted by Crippen LogP contribution is 2.28. The van der Waals surface area contributed by atoms with Gasteiger partial charge in [-0.25, -0.2) is 4.79 Å². The molecule has 1 aliphatic heterocycles. The number of hydrogen-bond acceptors (Lipinski definition) is 3. The van der Waals surface area contributed by atoms with Gasteiger partial charge in [0.15, 0.2) is 0 Å². The molecule has 1 aromatic heterocycles. The zero-order valence-electron chi connectivity index (χ0n) is 16.6. The Morgan fingerprint density at radius 3 is 2.66 bits per heavy atom. The molecule has 5 heteroatoms. The molecule has 2 heterocycles. The minimum atomic E-state index is -1.29. The van der Waals surface area contributed by atoms with Crippen LogP contribution in [0, 0.1) is 0 Å². The minimum absolute atomic E-state index is 0.345. The van der Waals surface area contributed by atoms with Crippen molar-refractivity contribution >= 4 is 17.1 Å². The van der Waals surface area contributed by atoms with Crippen molar-refractivity contribution in [1.29, 1.82) is 0 Å². The van der Waals surface area contributed by atoms with Crippen LogP contribution in [0.5, 0.6) is 5.75 Å². The number of nitrogens with zero attached hydrogens (tertiary/aromatic N) is 1. The van der Waals surface area contributed by atoms with Gasteiger partial charge in [0.1, 0.15) is 5.75 Å². The van der Waals surface area contributed by atoms with E-state index in [0.717, 1.165) is 23.7 Å². The maximum Gasteiger partial charge on any atom is 0.511 e. The summed E-state index contributed by atoms with van der Waals surface area (Å²) in [5.41, 5.74) is 3.69. The van der Waals surface area contributed by atoms with Gasteiger partial charge in [0.25, 0.3) is 0 Å². The molecule has 0 unspecified atom stereocenters. The molecule has 0 aliphatic carbocycles. The standard InChI is InChI=1S/C24H28N2O3/c27-24(28)29-21-9-10-22-20(17-25-23(22)16-21)8-4-5-13-26-14-11-19(12-15-26)18-6-2-1-3-7-18/h1-3,6-7,9-10,16-17,19,25H,4-5,8,11-15H2,(H,27,28). The number of aromatic nitrogens is 1. The lowest BCUT2D eigenvalue weighted by Gasteiger charge is -2.32. The maximum atomic E-state index is 10.7. The molecule has 1 fully saturated rings. The third kappa shape index (κ3) is 4.98. The smallest absolute Gasteiger partial charge is 0.449 e. The first-order valence-electron chi connectivity index (χ1n) is 10.5. The molecule has 3 aromatic rings. The average molecular weight is 392 g/mol. The lowest BCUT2D eigenvalue weighted by molar-refractivity contribution is 0.144. The van der Waals surface area contributed by atoms with Gasteiger partial charge in [0.2, 0.25) is 0 Å². The van der Waals surface area contributed by atoms with E-state index < -0.39 is 6.16 Å². The monoisotopic (exact) mass is 392 g/mol. The predicted molar refractivity (Wildman–Crippen MR) is 115 cm³/mol. The van der Waals surface area contributed by atoms with Crippen LogP contribution in [-0.2, 0) is 6.42 Å². The third-order valence-corrected chi connectivity index (χ3v) is 5.97. The van der Waals surface area contributed by atoms with Crippen molar-refractivity contribution in [2.45, 2.75) is 38.0 Å². The first-order chi connectivity index (χ1) is 14.2. The fourth-order valence-corrected chi connectivity index (χ4v) is 4.40. The molecule has 1 saturated heterocycles. The molecule has 0 saturated carbocycles. The quantitative estimate of drug-likeness (QED) is 0.320. The van der Waals surface area contributed by atoms with E-state index in [1.54, 1.807) is 12.1 Å². The van der Waals surface area contributed by atoms with Crippen LogP contribution in [0.2, 0.25) is 0 Å². The van der Waals surface area contributed by atoms with E-state index in [1.807, 2.05) is 12.3 Å². The van der Waals surface area contributed by atoms with E-state index in [2.05, 4.69) is 40.2 Å². The van der Waals surface area contributed by atoms with E-state index in [1.165, 1.54) is 50.0 Å². The topological polar surface area (TPSA) is 65.6 Å². The van der Waals surface area contributed by atoms with Gasteiger partial charge < -0.3 is 19.7 Å². The summed E-state index contributed by atoms with van der Waals surface area (Å²) in [5, 5.41) is 9.88. The molecule has 29 heavy (non-hydrogen) atoms. The number of benzene rings is 2. The maximum absolute atomic E-state index is 10.7. The zero-order chi connectivity index (χ0) is 20.1. The van der Waals surface area contributed by atoms with Crippen LogP contribution < -0.4 is 4.74 Å². The number of aryl methyl sites for hydroxylation is 1. The largest absolute Gasteiger partial charge is 0.511 e. The molecule has 2 N–H and O–H groups in total. The number of H-pyrrole nitrogens is 1. The molecule has 0 spiro atoms. The number of fused-ring (bicyclic) bond motifs is 1. The Bertz CT molecular complexity index is 943. The van der Waals surface area contributed by atoms with Gasteiger partial charge in [-0.1, -0.05) is 30.3 Å². The average Bonchev–Trinajstić information content (AvgIpc) is 3.14. The molecule has 0 amide bonds. The van der Waals surface area contributed by atoms with Gasteiger partial charge in [0.05, 0.1) is 0 Å². The Kier molecular flexibility index (Phi) is 6.15. The second kappa shape index (κ2) is 9.14. The number of aromatic amines is 1. The Morgan fingerprint density at radius 2 is 1.90 bits per heavy atom. The summed E-state index contributed by atoms with van der Waals surface area (Å²) in [6.07, 6.45) is 6.63. The number of ether oxygens (including phenoxy) is 1. The highest BCUT2D eigenvalue weighted by molar-refractivity contribution is 5.85. The summed E-state index contributed by atoms with van der Waals surface area (Å²) in [5.74, 6) is 1.06. The predicted octanol–water partition coefficient (Wildman–Crippen LogP) is 5.43. The lowest BCUT2D eigenvalue weighted by atomic mass is 9.89. The molecule has 0 radical (unpaired) electrons. The normalized spacial score (nSPS) is 15.6. The highest BCUT2D eigenvalue weighted by atomic mass is 16.7. The number of rotatable bonds is 7. The molecule has 4 rings (SSSR count). The van der Waals surface area contributed by atoms with E-state index in [-0.39, 0.29) is 0 Å². The zero-order valence-corrected chi connectivity index (χ0v) is 16.6. The Balaban J connectivity index is 1.21. The van der Waals surface area contributed by atoms with Crippen LogP contribution in [0.4, 0.5) is 4.79 Å². The summed E-state index contributed by atoms with van der Waals surface area (Å²) in [7, 11) is 0. The van der Waals surface area contributed by atoms with Crippen LogP contribution in [0.25, 0.3) is 10.9 Å². The Hall–Kier alpha value is -2.79. The molecule has 1 aliphatic rings. The van der Waals surface area contributed by atoms with Gasteiger partial charge >= 0.3 is 6.16 Å². The van der Waals surface area contributed by atoms with Crippen molar-refractivity contribution in [3.05, 3.63) is 65.9 Å². The van der Waals surface area contributed by atoms with E-state index >= 15 is 0 Å². The highest BCUT2D eigenvalue weighted by Gasteiger charge is 2.19. The van der Waals surface area contributed by atoms with Crippen LogP contribution in [-0.4, -0.2) is 40.8 Å². The van der Waals surface area contributed by atoms with Crippen LogP contribution in [0.1, 0.15) is 42.7 Å². The first kappa shape index (κ1) is 19.5. The number of carbonyl (C=O) groups is 1. The number of unbranched alkanes of at least 4 members (excludes halogenated alkanes) is 1. The number of likely N-dealkylation sites (tertiary alicyclic amines) is 1. The van der Waals surface area contributed by atoms with Gasteiger partial charge in [0, 0.05) is 23.2 Å². The number of carboxylic acid groups (broad SMARTS) is 1. The molecule has 5 nitrogen and oxygen atoms in total. The van der Waals surface area contributed by atoms with E-state index in [9.17, 15) is 4.79 Å². The molecule has 0 bridgehead atoms. The van der Waals surface area contributed by atoms with Gasteiger partial charge in [-0.3, -0.25) is 0 Å². The summed E-state index contributed by atoms with van der Waals surface area (Å²) in [6.45, 7) is 3.55.